The quantitative estimate of drug-likeness (QED) is 0.646. The van der Waals surface area contributed by atoms with Crippen LogP contribution in [0.1, 0.15) is 29.3 Å². The summed E-state index contributed by atoms with van der Waals surface area (Å²) >= 11 is 0. The third-order valence-electron chi connectivity index (χ3n) is 3.62. The van der Waals surface area contributed by atoms with E-state index in [4.69, 9.17) is 5.26 Å². The van der Waals surface area contributed by atoms with Gasteiger partial charge in [0.15, 0.2) is 6.61 Å². The van der Waals surface area contributed by atoms with Crippen molar-refractivity contribution in [2.75, 3.05) is 22.4 Å². The number of carbonyl (C=O) groups is 1. The van der Waals surface area contributed by atoms with Crippen molar-refractivity contribution in [3.63, 3.8) is 0 Å². The lowest BCUT2D eigenvalue weighted by molar-refractivity contribution is -0.153. The number of nitriles is 1. The first kappa shape index (κ1) is 23.0. The summed E-state index contributed by atoms with van der Waals surface area (Å²) < 4.78 is 67.6. The highest BCUT2D eigenvalue weighted by Gasteiger charge is 2.29. The van der Waals surface area contributed by atoms with Gasteiger partial charge in [0.05, 0.1) is 11.3 Å². The third-order valence-corrected chi connectivity index (χ3v) is 5.11. The largest absolute Gasteiger partial charge is 0.483 e. The Balaban J connectivity index is 2.14. The SMILES string of the molecule is CCCS(=O)(=O)Nc1cccc(C(=O)Nc2ccc(OCC(F)(F)F)c(C#N)c2)c1. The van der Waals surface area contributed by atoms with Crippen LogP contribution in [0, 0.1) is 11.3 Å². The maximum atomic E-state index is 12.4. The van der Waals surface area contributed by atoms with E-state index in [9.17, 15) is 26.4 Å². The monoisotopic (exact) mass is 441 g/mol. The van der Waals surface area contributed by atoms with Crippen molar-refractivity contribution in [1.29, 1.82) is 5.26 Å². The third kappa shape index (κ3) is 6.97. The second-order valence-electron chi connectivity index (χ2n) is 6.18. The fourth-order valence-corrected chi connectivity index (χ4v) is 3.53. The number of nitrogens with zero attached hydrogens (tertiary/aromatic N) is 1. The molecule has 30 heavy (non-hydrogen) atoms. The number of nitrogens with one attached hydrogen (secondary N) is 2. The van der Waals surface area contributed by atoms with Gasteiger partial charge in [0, 0.05) is 16.9 Å². The Hall–Kier alpha value is -3.26. The number of benzene rings is 2. The summed E-state index contributed by atoms with van der Waals surface area (Å²) in [5, 5.41) is 11.6. The zero-order valence-corrected chi connectivity index (χ0v) is 16.6. The minimum Gasteiger partial charge on any atom is -0.483 e. The van der Waals surface area contributed by atoms with Gasteiger partial charge in [-0.25, -0.2) is 8.42 Å². The standard InChI is InChI=1S/C19H18F3N3O4S/c1-2-8-30(27,28)25-16-5-3-4-13(9-16)18(26)24-15-6-7-17(14(10-15)11-23)29-12-19(20,21)22/h3-7,9-10,25H,2,8,12H2,1H3,(H,24,26). The van der Waals surface area contributed by atoms with Gasteiger partial charge >= 0.3 is 6.18 Å². The Morgan fingerprint density at radius 3 is 2.53 bits per heavy atom. The summed E-state index contributed by atoms with van der Waals surface area (Å²) in [5.74, 6) is -0.928. The predicted octanol–water partition coefficient (Wildman–Crippen LogP) is 3.90. The smallest absolute Gasteiger partial charge is 0.422 e. The molecule has 0 heterocycles. The molecule has 0 aliphatic heterocycles. The lowest BCUT2D eigenvalue weighted by Gasteiger charge is -2.12. The Kier molecular flexibility index (Phi) is 7.28. The number of carbonyl (C=O) groups excluding carboxylic acids is 1. The first-order valence-corrected chi connectivity index (χ1v) is 10.3. The fraction of sp³-hybridized carbons (Fsp3) is 0.263. The van der Waals surface area contributed by atoms with Crippen LogP contribution in [0.5, 0.6) is 5.75 Å². The first-order chi connectivity index (χ1) is 14.0. The number of ether oxygens (including phenoxy) is 1. The average Bonchev–Trinajstić information content (AvgIpc) is 2.65. The number of rotatable bonds is 8. The van der Waals surface area contributed by atoms with Gasteiger partial charge in [-0.15, -0.1) is 0 Å². The van der Waals surface area contributed by atoms with Gasteiger partial charge in [-0.2, -0.15) is 18.4 Å². The molecule has 2 aromatic carbocycles. The molecule has 0 radical (unpaired) electrons. The molecular formula is C19H18F3N3O4S. The van der Waals surface area contributed by atoms with E-state index < -0.39 is 28.7 Å². The topological polar surface area (TPSA) is 108 Å². The fourth-order valence-electron chi connectivity index (χ4n) is 2.41. The van der Waals surface area contributed by atoms with E-state index in [-0.39, 0.29) is 34.0 Å². The Morgan fingerprint density at radius 1 is 1.17 bits per heavy atom. The lowest BCUT2D eigenvalue weighted by Crippen LogP contribution is -2.19. The highest BCUT2D eigenvalue weighted by atomic mass is 32.2. The van der Waals surface area contributed by atoms with Gasteiger partial charge in [0.2, 0.25) is 10.0 Å². The number of amides is 1. The highest BCUT2D eigenvalue weighted by Crippen LogP contribution is 2.25. The summed E-state index contributed by atoms with van der Waals surface area (Å²) in [4.78, 5) is 12.4. The Labute approximate surface area is 171 Å². The molecule has 1 amide bonds. The molecule has 7 nitrogen and oxygen atoms in total. The maximum Gasteiger partial charge on any atom is 0.422 e. The molecule has 0 atom stereocenters. The summed E-state index contributed by atoms with van der Waals surface area (Å²) in [5.41, 5.74) is 0.332. The Bertz CT molecular complexity index is 1060. The molecule has 0 spiro atoms. The van der Waals surface area contributed by atoms with E-state index in [0.717, 1.165) is 6.07 Å². The van der Waals surface area contributed by atoms with Crippen LogP contribution in [0.3, 0.4) is 0 Å². The number of anilines is 2. The summed E-state index contributed by atoms with van der Waals surface area (Å²) in [6.45, 7) is 0.173. The van der Waals surface area contributed by atoms with E-state index in [1.54, 1.807) is 13.0 Å². The molecular weight excluding hydrogens is 423 g/mol. The van der Waals surface area contributed by atoms with Crippen molar-refractivity contribution in [3.8, 4) is 11.8 Å². The molecule has 2 rings (SSSR count). The first-order valence-electron chi connectivity index (χ1n) is 8.68. The van der Waals surface area contributed by atoms with Crippen molar-refractivity contribution in [2.24, 2.45) is 0 Å². The molecule has 2 aromatic rings. The van der Waals surface area contributed by atoms with Crippen molar-refractivity contribution in [1.82, 2.24) is 0 Å². The van der Waals surface area contributed by atoms with Crippen LogP contribution >= 0.6 is 0 Å². The van der Waals surface area contributed by atoms with Crippen molar-refractivity contribution in [2.45, 2.75) is 19.5 Å². The molecule has 11 heteroatoms. The van der Waals surface area contributed by atoms with Crippen molar-refractivity contribution < 1.29 is 31.1 Å². The van der Waals surface area contributed by atoms with Crippen LogP contribution in [0.25, 0.3) is 0 Å². The highest BCUT2D eigenvalue weighted by molar-refractivity contribution is 7.92. The number of sulfonamides is 1. The van der Waals surface area contributed by atoms with Crippen molar-refractivity contribution in [3.05, 3.63) is 53.6 Å². The van der Waals surface area contributed by atoms with Crippen LogP contribution in [0.4, 0.5) is 24.5 Å². The molecule has 0 aromatic heterocycles. The van der Waals surface area contributed by atoms with Gasteiger partial charge in [0.1, 0.15) is 11.8 Å². The van der Waals surface area contributed by atoms with Gasteiger partial charge in [-0.3, -0.25) is 9.52 Å². The van der Waals surface area contributed by atoms with Gasteiger partial charge in [0.25, 0.3) is 5.91 Å². The van der Waals surface area contributed by atoms with Gasteiger partial charge in [-0.1, -0.05) is 13.0 Å². The van der Waals surface area contributed by atoms with E-state index in [0.29, 0.717) is 6.42 Å². The number of halogens is 3. The molecule has 2 N–H and O–H groups in total. The molecule has 0 unspecified atom stereocenters. The average molecular weight is 441 g/mol. The maximum absolute atomic E-state index is 12.4. The molecule has 0 aliphatic carbocycles. The minimum atomic E-state index is -4.55. The molecule has 0 bridgehead atoms. The normalized spacial score (nSPS) is 11.4. The number of alkyl halides is 3. The van der Waals surface area contributed by atoms with E-state index in [1.807, 2.05) is 0 Å². The van der Waals surface area contributed by atoms with E-state index in [2.05, 4.69) is 14.8 Å². The van der Waals surface area contributed by atoms with Crippen LogP contribution in [0.2, 0.25) is 0 Å². The lowest BCUT2D eigenvalue weighted by atomic mass is 10.1. The molecule has 0 saturated heterocycles. The number of hydrogen-bond acceptors (Lipinski definition) is 5. The molecule has 0 saturated carbocycles. The Morgan fingerprint density at radius 2 is 1.90 bits per heavy atom. The molecule has 0 aliphatic rings. The second kappa shape index (κ2) is 9.49. The van der Waals surface area contributed by atoms with Crippen LogP contribution in [0.15, 0.2) is 42.5 Å². The predicted molar refractivity (Wildman–Crippen MR) is 105 cm³/mol. The number of hydrogen-bond donors (Lipinski definition) is 2. The molecule has 160 valence electrons. The zero-order chi connectivity index (χ0) is 22.4. The van der Waals surface area contributed by atoms with E-state index in [1.165, 1.54) is 36.4 Å². The minimum absolute atomic E-state index is 0.0664. The second-order valence-corrected chi connectivity index (χ2v) is 8.02. The summed E-state index contributed by atoms with van der Waals surface area (Å²) in [6, 6.07) is 11.1. The van der Waals surface area contributed by atoms with E-state index >= 15 is 0 Å². The van der Waals surface area contributed by atoms with Crippen LogP contribution < -0.4 is 14.8 Å². The van der Waals surface area contributed by atoms with Gasteiger partial charge in [-0.05, 0) is 42.8 Å². The van der Waals surface area contributed by atoms with Crippen LogP contribution in [-0.2, 0) is 10.0 Å². The summed E-state index contributed by atoms with van der Waals surface area (Å²) in [6.07, 6.45) is -4.12. The van der Waals surface area contributed by atoms with Crippen molar-refractivity contribution >= 4 is 27.3 Å². The zero-order valence-electron chi connectivity index (χ0n) is 15.8. The van der Waals surface area contributed by atoms with Gasteiger partial charge < -0.3 is 10.1 Å². The summed E-state index contributed by atoms with van der Waals surface area (Å²) in [7, 11) is -3.53. The van der Waals surface area contributed by atoms with Crippen LogP contribution in [-0.4, -0.2) is 32.9 Å². The molecule has 0 fully saturated rings.